The van der Waals surface area contributed by atoms with E-state index in [4.69, 9.17) is 4.74 Å². The van der Waals surface area contributed by atoms with Gasteiger partial charge in [0.25, 0.3) is 0 Å². The van der Waals surface area contributed by atoms with Crippen molar-refractivity contribution in [2.75, 3.05) is 13.7 Å². The molecule has 21 heavy (non-hydrogen) atoms. The Balaban J connectivity index is 1.97. The third kappa shape index (κ3) is 4.03. The zero-order valence-corrected chi connectivity index (χ0v) is 13.7. The van der Waals surface area contributed by atoms with Gasteiger partial charge >= 0.3 is 0 Å². The summed E-state index contributed by atoms with van der Waals surface area (Å²) in [6.45, 7) is 6.62. The summed E-state index contributed by atoms with van der Waals surface area (Å²) in [7, 11) is 1.63. The number of benzene rings is 1. The second-order valence-electron chi connectivity index (χ2n) is 5.10. The van der Waals surface area contributed by atoms with Crippen LogP contribution in [0.4, 0.5) is 0 Å². The molecule has 2 N–H and O–H groups in total. The molecule has 1 aromatic carbocycles. The molecule has 4 nitrogen and oxygen atoms in total. The van der Waals surface area contributed by atoms with Crippen LogP contribution in [0.25, 0.3) is 0 Å². The Kier molecular flexibility index (Phi) is 5.33. The van der Waals surface area contributed by atoms with Gasteiger partial charge in [-0.05, 0) is 38.5 Å². The predicted octanol–water partition coefficient (Wildman–Crippen LogP) is 3.15. The molecule has 0 saturated heterocycles. The Hall–Kier alpha value is -1.43. The molecule has 2 aromatic rings. The van der Waals surface area contributed by atoms with Crippen LogP contribution in [0.1, 0.15) is 40.2 Å². The molecular formula is C16H22N2O2S. The number of aryl methyl sites for hydroxylation is 2. The standard InChI is InChI=1S/C16H22N2O2S/c1-10(16-11(2)18-12(3)21-16)17-9-15(19)13-6-5-7-14(8-13)20-4/h5-8,10,15,17,19H,9H2,1-4H3. The maximum atomic E-state index is 10.3. The smallest absolute Gasteiger partial charge is 0.119 e. The highest BCUT2D eigenvalue weighted by Crippen LogP contribution is 2.25. The Bertz CT molecular complexity index is 598. The quantitative estimate of drug-likeness (QED) is 0.861. The molecule has 5 heteroatoms. The third-order valence-corrected chi connectivity index (χ3v) is 4.68. The van der Waals surface area contributed by atoms with Crippen molar-refractivity contribution >= 4 is 11.3 Å². The molecule has 0 aliphatic heterocycles. The van der Waals surface area contributed by atoms with E-state index in [1.165, 1.54) is 4.88 Å². The van der Waals surface area contributed by atoms with E-state index in [1.54, 1.807) is 18.4 Å². The third-order valence-electron chi connectivity index (χ3n) is 3.43. The van der Waals surface area contributed by atoms with E-state index in [9.17, 15) is 5.11 Å². The van der Waals surface area contributed by atoms with Crippen LogP contribution in [-0.2, 0) is 0 Å². The molecule has 1 heterocycles. The molecule has 0 fully saturated rings. The number of hydrogen-bond acceptors (Lipinski definition) is 5. The fraction of sp³-hybridized carbons (Fsp3) is 0.438. The molecular weight excluding hydrogens is 284 g/mol. The maximum absolute atomic E-state index is 10.3. The molecule has 0 bridgehead atoms. The second-order valence-corrected chi connectivity index (χ2v) is 6.34. The van der Waals surface area contributed by atoms with Gasteiger partial charge in [0.2, 0.25) is 0 Å². The van der Waals surface area contributed by atoms with Crippen molar-refractivity contribution in [2.24, 2.45) is 0 Å². The lowest BCUT2D eigenvalue weighted by Crippen LogP contribution is -2.24. The Labute approximate surface area is 129 Å². The fourth-order valence-corrected chi connectivity index (χ4v) is 3.25. The van der Waals surface area contributed by atoms with Crippen LogP contribution in [-0.4, -0.2) is 23.7 Å². The van der Waals surface area contributed by atoms with E-state index < -0.39 is 6.10 Å². The van der Waals surface area contributed by atoms with Crippen LogP contribution >= 0.6 is 11.3 Å². The number of nitrogens with one attached hydrogen (secondary N) is 1. The van der Waals surface area contributed by atoms with Gasteiger partial charge in [0.15, 0.2) is 0 Å². The summed E-state index contributed by atoms with van der Waals surface area (Å²) in [4.78, 5) is 5.67. The van der Waals surface area contributed by atoms with Gasteiger partial charge in [-0.3, -0.25) is 0 Å². The summed E-state index contributed by atoms with van der Waals surface area (Å²) >= 11 is 1.70. The van der Waals surface area contributed by atoms with Gasteiger partial charge < -0.3 is 15.2 Å². The Morgan fingerprint density at radius 1 is 1.38 bits per heavy atom. The first-order valence-electron chi connectivity index (χ1n) is 7.00. The van der Waals surface area contributed by atoms with E-state index in [1.807, 2.05) is 38.1 Å². The first kappa shape index (κ1) is 15.9. The minimum Gasteiger partial charge on any atom is -0.497 e. The highest BCUT2D eigenvalue weighted by atomic mass is 32.1. The molecule has 0 spiro atoms. The lowest BCUT2D eigenvalue weighted by molar-refractivity contribution is 0.170. The normalized spacial score (nSPS) is 14.0. The molecule has 2 rings (SSSR count). The molecule has 1 aromatic heterocycles. The van der Waals surface area contributed by atoms with Gasteiger partial charge in [-0.25, -0.2) is 4.98 Å². The van der Waals surface area contributed by atoms with Gasteiger partial charge in [0.1, 0.15) is 5.75 Å². The van der Waals surface area contributed by atoms with E-state index in [0.29, 0.717) is 6.54 Å². The number of aromatic nitrogens is 1. The second kappa shape index (κ2) is 7.02. The molecule has 114 valence electrons. The minimum absolute atomic E-state index is 0.177. The monoisotopic (exact) mass is 306 g/mol. The van der Waals surface area contributed by atoms with Gasteiger partial charge in [-0.1, -0.05) is 12.1 Å². The fourth-order valence-electron chi connectivity index (χ4n) is 2.30. The van der Waals surface area contributed by atoms with E-state index in [-0.39, 0.29) is 6.04 Å². The molecule has 2 unspecified atom stereocenters. The van der Waals surface area contributed by atoms with E-state index in [0.717, 1.165) is 22.0 Å². The number of aliphatic hydroxyl groups excluding tert-OH is 1. The molecule has 2 atom stereocenters. The Morgan fingerprint density at radius 2 is 2.14 bits per heavy atom. The average Bonchev–Trinajstić information content (AvgIpc) is 2.83. The van der Waals surface area contributed by atoms with E-state index in [2.05, 4.69) is 17.2 Å². The lowest BCUT2D eigenvalue weighted by atomic mass is 10.1. The summed E-state index contributed by atoms with van der Waals surface area (Å²) in [6.07, 6.45) is -0.558. The van der Waals surface area contributed by atoms with Crippen LogP contribution in [0.3, 0.4) is 0 Å². The van der Waals surface area contributed by atoms with Gasteiger partial charge in [-0.2, -0.15) is 0 Å². The van der Waals surface area contributed by atoms with E-state index >= 15 is 0 Å². The predicted molar refractivity (Wildman–Crippen MR) is 86.0 cm³/mol. The summed E-state index contributed by atoms with van der Waals surface area (Å²) in [6, 6.07) is 7.70. The van der Waals surface area contributed by atoms with Gasteiger partial charge in [-0.15, -0.1) is 11.3 Å². The first-order valence-corrected chi connectivity index (χ1v) is 7.82. The van der Waals surface area contributed by atoms with Crippen molar-refractivity contribution in [3.05, 3.63) is 45.4 Å². The van der Waals surface area contributed by atoms with Crippen LogP contribution < -0.4 is 10.1 Å². The summed E-state index contributed by atoms with van der Waals surface area (Å²) < 4.78 is 5.18. The SMILES string of the molecule is COc1cccc(C(O)CNC(C)c2sc(C)nc2C)c1. The Morgan fingerprint density at radius 3 is 2.76 bits per heavy atom. The zero-order chi connectivity index (χ0) is 15.4. The van der Waals surface area contributed by atoms with Gasteiger partial charge in [0, 0.05) is 17.5 Å². The zero-order valence-electron chi connectivity index (χ0n) is 12.9. The van der Waals surface area contributed by atoms with Crippen LogP contribution in [0.5, 0.6) is 5.75 Å². The van der Waals surface area contributed by atoms with Gasteiger partial charge in [0.05, 0.1) is 23.9 Å². The van der Waals surface area contributed by atoms with Crippen molar-refractivity contribution in [1.82, 2.24) is 10.3 Å². The van der Waals surface area contributed by atoms with Crippen molar-refractivity contribution < 1.29 is 9.84 Å². The maximum Gasteiger partial charge on any atom is 0.119 e. The summed E-state index contributed by atoms with van der Waals surface area (Å²) in [5.74, 6) is 0.758. The van der Waals surface area contributed by atoms with Crippen LogP contribution in [0.15, 0.2) is 24.3 Å². The molecule has 0 amide bonds. The first-order chi connectivity index (χ1) is 10.0. The highest BCUT2D eigenvalue weighted by Gasteiger charge is 2.15. The molecule has 0 saturated carbocycles. The number of methoxy groups -OCH3 is 1. The van der Waals surface area contributed by atoms with Crippen LogP contribution in [0, 0.1) is 13.8 Å². The number of aliphatic hydroxyl groups is 1. The number of thiazole rings is 1. The molecule has 0 aliphatic rings. The lowest BCUT2D eigenvalue weighted by Gasteiger charge is -2.17. The number of ether oxygens (including phenoxy) is 1. The molecule has 0 radical (unpaired) electrons. The van der Waals surface area contributed by atoms with Crippen molar-refractivity contribution in [2.45, 2.75) is 32.9 Å². The minimum atomic E-state index is -0.558. The van der Waals surface area contributed by atoms with Crippen LogP contribution in [0.2, 0.25) is 0 Å². The molecule has 0 aliphatic carbocycles. The highest BCUT2D eigenvalue weighted by molar-refractivity contribution is 7.11. The number of hydrogen-bond donors (Lipinski definition) is 2. The summed E-state index contributed by atoms with van der Waals surface area (Å²) in [5, 5.41) is 14.7. The largest absolute Gasteiger partial charge is 0.497 e. The number of rotatable bonds is 6. The average molecular weight is 306 g/mol. The summed E-state index contributed by atoms with van der Waals surface area (Å²) in [5.41, 5.74) is 1.92. The van der Waals surface area contributed by atoms with Crippen molar-refractivity contribution in [1.29, 1.82) is 0 Å². The number of nitrogens with zero attached hydrogens (tertiary/aromatic N) is 1. The van der Waals surface area contributed by atoms with Crippen molar-refractivity contribution in [3.8, 4) is 5.75 Å². The topological polar surface area (TPSA) is 54.4 Å². The van der Waals surface area contributed by atoms with Crippen molar-refractivity contribution in [3.63, 3.8) is 0 Å².